The molecule has 126 valence electrons. The van der Waals surface area contributed by atoms with E-state index >= 15 is 0 Å². The summed E-state index contributed by atoms with van der Waals surface area (Å²) >= 11 is 5.97. The maximum Gasteiger partial charge on any atom is 0.221 e. The third kappa shape index (κ3) is 5.23. The minimum atomic E-state index is -0.934. The fraction of sp³-hybridized carbons (Fsp3) is 0.471. The van der Waals surface area contributed by atoms with Gasteiger partial charge in [0.25, 0.3) is 0 Å². The molecule has 6 heteroatoms. The average Bonchev–Trinajstić information content (AvgIpc) is 2.83. The first-order valence-corrected chi connectivity index (χ1v) is 8.03. The van der Waals surface area contributed by atoms with E-state index < -0.39 is 5.60 Å². The Morgan fingerprint density at radius 2 is 2.13 bits per heavy atom. The zero-order valence-corrected chi connectivity index (χ0v) is 14.6. The van der Waals surface area contributed by atoms with Crippen LogP contribution < -0.4 is 5.32 Å². The smallest absolute Gasteiger partial charge is 0.221 e. The van der Waals surface area contributed by atoms with Gasteiger partial charge in [-0.2, -0.15) is 0 Å². The van der Waals surface area contributed by atoms with Gasteiger partial charge in [-0.3, -0.25) is 4.79 Å². The lowest BCUT2D eigenvalue weighted by atomic mass is 10.1. The van der Waals surface area contributed by atoms with Gasteiger partial charge < -0.3 is 19.9 Å². The van der Waals surface area contributed by atoms with E-state index in [-0.39, 0.29) is 12.5 Å². The number of hydrogen-bond donors (Lipinski definition) is 2. The summed E-state index contributed by atoms with van der Waals surface area (Å²) in [5, 5.41) is 14.7. The zero-order chi connectivity index (χ0) is 17.0. The number of halogens is 1. The number of aliphatic hydroxyl groups is 1. The second kappa shape index (κ2) is 7.34. The van der Waals surface area contributed by atoms with Gasteiger partial charge in [-0.1, -0.05) is 11.6 Å². The molecular weight excluding hydrogens is 314 g/mol. The Balaban J connectivity index is 1.86. The van der Waals surface area contributed by atoms with Crippen LogP contribution in [-0.2, 0) is 11.3 Å². The molecular formula is C17H24ClN3O2. The van der Waals surface area contributed by atoms with Gasteiger partial charge in [0.15, 0.2) is 0 Å². The highest BCUT2D eigenvalue weighted by atomic mass is 35.5. The number of aryl methyl sites for hydroxylation is 1. The standard InChI is InChI=1S/C17H24ClN3O2/c1-17(23,12-20(2)3)11-19-16(22)7-9-21-8-6-13-10-14(18)4-5-15(13)21/h4-6,8,10,23H,7,9,11-12H2,1-3H3,(H,19,22). The summed E-state index contributed by atoms with van der Waals surface area (Å²) in [5.41, 5.74) is 0.123. The summed E-state index contributed by atoms with van der Waals surface area (Å²) in [4.78, 5) is 13.9. The average molecular weight is 338 g/mol. The van der Waals surface area contributed by atoms with Crippen molar-refractivity contribution in [2.24, 2.45) is 0 Å². The molecule has 0 radical (unpaired) electrons. The Bertz CT molecular complexity index is 680. The molecule has 2 aromatic rings. The third-order valence-electron chi connectivity index (χ3n) is 3.64. The minimum absolute atomic E-state index is 0.0696. The highest BCUT2D eigenvalue weighted by molar-refractivity contribution is 6.31. The molecule has 0 saturated heterocycles. The summed E-state index contributed by atoms with van der Waals surface area (Å²) in [6, 6.07) is 7.70. The zero-order valence-electron chi connectivity index (χ0n) is 13.8. The number of rotatable bonds is 7. The van der Waals surface area contributed by atoms with Crippen LogP contribution in [0.25, 0.3) is 10.9 Å². The number of carbonyl (C=O) groups excluding carboxylic acids is 1. The largest absolute Gasteiger partial charge is 0.387 e. The van der Waals surface area contributed by atoms with Crippen LogP contribution in [0, 0.1) is 0 Å². The van der Waals surface area contributed by atoms with E-state index in [1.165, 1.54) is 0 Å². The molecule has 0 aliphatic rings. The molecule has 2 rings (SSSR count). The highest BCUT2D eigenvalue weighted by Crippen LogP contribution is 2.20. The number of aromatic nitrogens is 1. The van der Waals surface area contributed by atoms with Crippen molar-refractivity contribution in [3.05, 3.63) is 35.5 Å². The number of carbonyl (C=O) groups is 1. The monoisotopic (exact) mass is 337 g/mol. The van der Waals surface area contributed by atoms with Crippen molar-refractivity contribution in [1.82, 2.24) is 14.8 Å². The Morgan fingerprint density at radius 3 is 2.83 bits per heavy atom. The van der Waals surface area contributed by atoms with Crippen LogP contribution >= 0.6 is 11.6 Å². The lowest BCUT2D eigenvalue weighted by Crippen LogP contribution is -2.47. The molecule has 0 spiro atoms. The van der Waals surface area contributed by atoms with E-state index in [1.807, 2.05) is 54.0 Å². The van der Waals surface area contributed by atoms with Gasteiger partial charge >= 0.3 is 0 Å². The van der Waals surface area contributed by atoms with Gasteiger partial charge in [0, 0.05) is 48.2 Å². The molecule has 1 aromatic carbocycles. The predicted octanol–water partition coefficient (Wildman–Crippen LogP) is 2.11. The predicted molar refractivity (Wildman–Crippen MR) is 93.8 cm³/mol. The fourth-order valence-corrected chi connectivity index (χ4v) is 2.88. The molecule has 5 nitrogen and oxygen atoms in total. The molecule has 1 aromatic heterocycles. The number of amides is 1. The number of hydrogen-bond acceptors (Lipinski definition) is 3. The highest BCUT2D eigenvalue weighted by Gasteiger charge is 2.21. The molecule has 0 aliphatic carbocycles. The third-order valence-corrected chi connectivity index (χ3v) is 3.87. The maximum atomic E-state index is 12.0. The molecule has 1 unspecified atom stereocenters. The maximum absolute atomic E-state index is 12.0. The second-order valence-corrected chi connectivity index (χ2v) is 6.91. The minimum Gasteiger partial charge on any atom is -0.387 e. The molecule has 0 fully saturated rings. The Kier molecular flexibility index (Phi) is 5.68. The van der Waals surface area contributed by atoms with Crippen LogP contribution in [0.15, 0.2) is 30.5 Å². The van der Waals surface area contributed by atoms with Crippen molar-refractivity contribution in [3.63, 3.8) is 0 Å². The molecule has 0 aliphatic heterocycles. The first-order valence-electron chi connectivity index (χ1n) is 7.65. The Morgan fingerprint density at radius 1 is 1.39 bits per heavy atom. The van der Waals surface area contributed by atoms with Crippen molar-refractivity contribution in [3.8, 4) is 0 Å². The summed E-state index contributed by atoms with van der Waals surface area (Å²) in [6.45, 7) is 3.05. The number of fused-ring (bicyclic) bond motifs is 1. The summed E-state index contributed by atoms with van der Waals surface area (Å²) in [5.74, 6) is -0.0696. The number of likely N-dealkylation sites (N-methyl/N-ethyl adjacent to an activating group) is 1. The lowest BCUT2D eigenvalue weighted by Gasteiger charge is -2.27. The molecule has 23 heavy (non-hydrogen) atoms. The summed E-state index contributed by atoms with van der Waals surface area (Å²) < 4.78 is 2.03. The Hall–Kier alpha value is -1.56. The number of benzene rings is 1. The fourth-order valence-electron chi connectivity index (χ4n) is 2.70. The van der Waals surface area contributed by atoms with Crippen molar-refractivity contribution in [2.45, 2.75) is 25.5 Å². The first kappa shape index (κ1) is 17.8. The van der Waals surface area contributed by atoms with Crippen molar-refractivity contribution < 1.29 is 9.90 Å². The quantitative estimate of drug-likeness (QED) is 0.813. The van der Waals surface area contributed by atoms with Crippen molar-refractivity contribution in [2.75, 3.05) is 27.2 Å². The van der Waals surface area contributed by atoms with Gasteiger partial charge in [-0.25, -0.2) is 0 Å². The lowest BCUT2D eigenvalue weighted by molar-refractivity contribution is -0.122. The number of nitrogens with zero attached hydrogens (tertiary/aromatic N) is 2. The van der Waals surface area contributed by atoms with Gasteiger partial charge in [0.1, 0.15) is 0 Å². The topological polar surface area (TPSA) is 57.5 Å². The first-order chi connectivity index (χ1) is 10.8. The molecule has 1 atom stereocenters. The summed E-state index contributed by atoms with van der Waals surface area (Å²) in [6.07, 6.45) is 2.32. The number of nitrogens with one attached hydrogen (secondary N) is 1. The van der Waals surface area contributed by atoms with Crippen molar-refractivity contribution >= 4 is 28.4 Å². The van der Waals surface area contributed by atoms with E-state index in [2.05, 4.69) is 5.32 Å². The second-order valence-electron chi connectivity index (χ2n) is 6.47. The Labute approximate surface area is 141 Å². The molecule has 2 N–H and O–H groups in total. The molecule has 0 bridgehead atoms. The van der Waals surface area contributed by atoms with Crippen LogP contribution in [0.5, 0.6) is 0 Å². The molecule has 1 amide bonds. The molecule has 1 heterocycles. The van der Waals surface area contributed by atoms with E-state index in [0.717, 1.165) is 10.9 Å². The summed E-state index contributed by atoms with van der Waals surface area (Å²) in [7, 11) is 3.78. The van der Waals surface area contributed by atoms with Gasteiger partial charge in [-0.05, 0) is 45.3 Å². The van der Waals surface area contributed by atoms with E-state index in [1.54, 1.807) is 6.92 Å². The van der Waals surface area contributed by atoms with E-state index in [0.29, 0.717) is 24.5 Å². The van der Waals surface area contributed by atoms with Crippen LogP contribution in [0.1, 0.15) is 13.3 Å². The van der Waals surface area contributed by atoms with Crippen LogP contribution in [0.4, 0.5) is 0 Å². The van der Waals surface area contributed by atoms with Crippen molar-refractivity contribution in [1.29, 1.82) is 0 Å². The normalized spacial score (nSPS) is 14.2. The van der Waals surface area contributed by atoms with Crippen LogP contribution in [-0.4, -0.2) is 53.3 Å². The van der Waals surface area contributed by atoms with Gasteiger partial charge in [0.05, 0.1) is 5.60 Å². The molecule has 0 saturated carbocycles. The van der Waals surface area contributed by atoms with Crippen LogP contribution in [0.3, 0.4) is 0 Å². The van der Waals surface area contributed by atoms with Gasteiger partial charge in [-0.15, -0.1) is 0 Å². The van der Waals surface area contributed by atoms with E-state index in [4.69, 9.17) is 11.6 Å². The van der Waals surface area contributed by atoms with E-state index in [9.17, 15) is 9.90 Å². The van der Waals surface area contributed by atoms with Crippen LogP contribution in [0.2, 0.25) is 5.02 Å². The SMILES string of the molecule is CN(C)CC(C)(O)CNC(=O)CCn1ccc2cc(Cl)ccc21. The van der Waals surface area contributed by atoms with Gasteiger partial charge in [0.2, 0.25) is 5.91 Å².